The zero-order valence-electron chi connectivity index (χ0n) is 18.6. The van der Waals surface area contributed by atoms with Crippen LogP contribution in [0.15, 0.2) is 49.1 Å². The Morgan fingerprint density at radius 3 is 2.39 bits per heavy atom. The minimum Gasteiger partial charge on any atom is -0.378 e. The van der Waals surface area contributed by atoms with Crippen molar-refractivity contribution in [2.45, 2.75) is 77.9 Å². The number of ether oxygens (including phenoxy) is 1. The average molecular weight is 392 g/mol. The van der Waals surface area contributed by atoms with Gasteiger partial charge in [0.25, 0.3) is 0 Å². The number of benzene rings is 1. The van der Waals surface area contributed by atoms with Crippen molar-refractivity contribution in [3.05, 3.63) is 60.2 Å². The molecule has 3 heteroatoms. The fourth-order valence-corrected chi connectivity index (χ4v) is 3.32. The molecule has 0 aliphatic carbocycles. The smallest absolute Gasteiger partial charge is 0.0785 e. The van der Waals surface area contributed by atoms with Crippen molar-refractivity contribution in [2.75, 3.05) is 13.8 Å². The normalized spacial score (nSPS) is 19.4. The van der Waals surface area contributed by atoms with E-state index in [1.54, 1.807) is 0 Å². The number of allylic oxidation sites excluding steroid dienone is 1. The third-order valence-electron chi connectivity index (χ3n) is 4.70. The predicted octanol–water partition coefficient (Wildman–Crippen LogP) is 6.44. The molecule has 160 valence electrons. The highest BCUT2D eigenvalue weighted by atomic mass is 19.1. The van der Waals surface area contributed by atoms with Gasteiger partial charge >= 0.3 is 0 Å². The molecule has 0 saturated carbocycles. The highest BCUT2D eigenvalue weighted by molar-refractivity contribution is 5.26. The number of nitrogens with two attached hydrogens (primary N) is 1. The van der Waals surface area contributed by atoms with E-state index < -0.39 is 0 Å². The van der Waals surface area contributed by atoms with Crippen LogP contribution in [0.5, 0.6) is 0 Å². The van der Waals surface area contributed by atoms with Crippen LogP contribution in [-0.2, 0) is 17.6 Å². The van der Waals surface area contributed by atoms with E-state index in [0.29, 0.717) is 13.3 Å². The lowest BCUT2D eigenvalue weighted by molar-refractivity contribution is -0.00255. The van der Waals surface area contributed by atoms with E-state index in [1.165, 1.54) is 36.0 Å². The van der Waals surface area contributed by atoms with Crippen molar-refractivity contribution in [3.63, 3.8) is 0 Å². The van der Waals surface area contributed by atoms with Gasteiger partial charge in [0.1, 0.15) is 0 Å². The van der Waals surface area contributed by atoms with Crippen LogP contribution in [0.1, 0.15) is 64.0 Å². The summed E-state index contributed by atoms with van der Waals surface area (Å²) < 4.78 is 15.0. The van der Waals surface area contributed by atoms with Gasteiger partial charge in [0, 0.05) is 12.6 Å². The minimum absolute atomic E-state index is 0.237. The Kier molecular flexibility index (Phi) is 15.6. The quantitative estimate of drug-likeness (QED) is 0.518. The first-order chi connectivity index (χ1) is 13.4. The number of halogens is 1. The molecule has 1 aliphatic rings. The lowest BCUT2D eigenvalue weighted by Gasteiger charge is -2.26. The number of hydrogen-bond acceptors (Lipinski definition) is 2. The van der Waals surface area contributed by atoms with E-state index in [9.17, 15) is 4.39 Å². The second-order valence-electron chi connectivity index (χ2n) is 7.82. The summed E-state index contributed by atoms with van der Waals surface area (Å²) in [5.74, 6) is 0.846. The lowest BCUT2D eigenvalue weighted by Crippen LogP contribution is -2.23. The summed E-state index contributed by atoms with van der Waals surface area (Å²) in [7, 11) is 0.500. The Labute approximate surface area is 173 Å². The number of alkyl halides is 1. The average Bonchev–Trinajstić information content (AvgIpc) is 2.66. The second-order valence-corrected chi connectivity index (χ2v) is 7.82. The molecule has 1 heterocycles. The summed E-state index contributed by atoms with van der Waals surface area (Å²) in [5, 5.41) is 0. The molecule has 3 unspecified atom stereocenters. The van der Waals surface area contributed by atoms with Gasteiger partial charge in [0.2, 0.25) is 0 Å². The summed E-state index contributed by atoms with van der Waals surface area (Å²) >= 11 is 0. The lowest BCUT2D eigenvalue weighted by atomic mass is 9.96. The summed E-state index contributed by atoms with van der Waals surface area (Å²) in [6, 6.07) is 8.98. The van der Waals surface area contributed by atoms with Crippen LogP contribution >= 0.6 is 0 Å². The van der Waals surface area contributed by atoms with Crippen LogP contribution in [0, 0.1) is 5.92 Å². The largest absolute Gasteiger partial charge is 0.378 e. The Hall–Kier alpha value is -1.45. The van der Waals surface area contributed by atoms with Gasteiger partial charge in [0.15, 0.2) is 0 Å². The topological polar surface area (TPSA) is 35.2 Å². The molecule has 0 bridgehead atoms. The van der Waals surface area contributed by atoms with E-state index in [2.05, 4.69) is 51.3 Å². The van der Waals surface area contributed by atoms with Crippen molar-refractivity contribution in [1.29, 1.82) is 0 Å². The monoisotopic (exact) mass is 391 g/mol. The molecule has 1 aromatic rings. The van der Waals surface area contributed by atoms with Gasteiger partial charge in [-0.15, -0.1) is 6.58 Å². The van der Waals surface area contributed by atoms with Gasteiger partial charge < -0.3 is 10.5 Å². The molecular formula is C25H42FNO. The number of rotatable bonds is 8. The highest BCUT2D eigenvalue weighted by Crippen LogP contribution is 2.21. The third kappa shape index (κ3) is 12.9. The fourth-order valence-electron chi connectivity index (χ4n) is 3.32. The standard InChI is InChI=1S/C15H23N.C9H16O.CH3F/c1-4-5-12(2)10-14-6-8-15(9-7-14)11-13(3)16;1-3-4-9-7-8(2)5-6-10-9;1-2/h6-9,13H,2,4-5,10-11,16H2,1,3H3;3,8-9H,1,4-7H2,2H3;1H3. The van der Waals surface area contributed by atoms with Crippen LogP contribution in [0.25, 0.3) is 0 Å². The maximum atomic E-state index is 9.50. The summed E-state index contributed by atoms with van der Waals surface area (Å²) in [6.07, 6.45) is 10.1. The van der Waals surface area contributed by atoms with Gasteiger partial charge in [-0.3, -0.25) is 4.39 Å². The molecule has 2 nitrogen and oxygen atoms in total. The van der Waals surface area contributed by atoms with Gasteiger partial charge in [-0.25, -0.2) is 0 Å². The molecule has 0 aromatic heterocycles. The summed E-state index contributed by atoms with van der Waals surface area (Å²) in [4.78, 5) is 0. The van der Waals surface area contributed by atoms with Crippen LogP contribution in [0.2, 0.25) is 0 Å². The zero-order chi connectivity index (χ0) is 21.4. The summed E-state index contributed by atoms with van der Waals surface area (Å²) in [5.41, 5.74) is 9.76. The Morgan fingerprint density at radius 1 is 1.29 bits per heavy atom. The molecule has 0 spiro atoms. The van der Waals surface area contributed by atoms with Crippen molar-refractivity contribution in [2.24, 2.45) is 11.7 Å². The van der Waals surface area contributed by atoms with E-state index in [0.717, 1.165) is 38.2 Å². The molecule has 3 atom stereocenters. The van der Waals surface area contributed by atoms with Crippen LogP contribution in [0.4, 0.5) is 4.39 Å². The number of hydrogen-bond donors (Lipinski definition) is 1. The van der Waals surface area contributed by atoms with E-state index in [1.807, 2.05) is 13.0 Å². The van der Waals surface area contributed by atoms with Crippen molar-refractivity contribution < 1.29 is 9.13 Å². The molecular weight excluding hydrogens is 349 g/mol. The van der Waals surface area contributed by atoms with Gasteiger partial charge in [-0.1, -0.05) is 62.8 Å². The van der Waals surface area contributed by atoms with E-state index in [-0.39, 0.29) is 6.04 Å². The Bertz CT molecular complexity index is 524. The maximum Gasteiger partial charge on any atom is 0.0785 e. The van der Waals surface area contributed by atoms with Gasteiger partial charge in [0.05, 0.1) is 13.3 Å². The SMILES string of the molecule is C=C(CCC)Cc1ccc(CC(C)N)cc1.C=CCC1CC(C)CCO1.CF. The second kappa shape index (κ2) is 16.5. The molecule has 1 fully saturated rings. The molecule has 1 saturated heterocycles. The van der Waals surface area contributed by atoms with Gasteiger partial charge in [-0.2, -0.15) is 0 Å². The van der Waals surface area contributed by atoms with Crippen LogP contribution in [0.3, 0.4) is 0 Å². The molecule has 0 amide bonds. The van der Waals surface area contributed by atoms with E-state index >= 15 is 0 Å². The van der Waals surface area contributed by atoms with Gasteiger partial charge in [-0.05, 0) is 62.5 Å². The fraction of sp³-hybridized carbons (Fsp3) is 0.600. The molecule has 2 rings (SSSR count). The Balaban J connectivity index is 0.000000520. The first kappa shape index (κ1) is 26.6. The molecule has 2 N–H and O–H groups in total. The van der Waals surface area contributed by atoms with E-state index in [4.69, 9.17) is 10.5 Å². The van der Waals surface area contributed by atoms with Crippen molar-refractivity contribution in [1.82, 2.24) is 0 Å². The predicted molar refractivity (Wildman–Crippen MR) is 122 cm³/mol. The Morgan fingerprint density at radius 2 is 1.89 bits per heavy atom. The third-order valence-corrected chi connectivity index (χ3v) is 4.70. The van der Waals surface area contributed by atoms with Crippen molar-refractivity contribution >= 4 is 0 Å². The zero-order valence-corrected chi connectivity index (χ0v) is 18.6. The first-order valence-electron chi connectivity index (χ1n) is 10.5. The van der Waals surface area contributed by atoms with Crippen molar-refractivity contribution in [3.8, 4) is 0 Å². The maximum absolute atomic E-state index is 9.50. The summed E-state index contributed by atoms with van der Waals surface area (Å²) in [6.45, 7) is 15.3. The highest BCUT2D eigenvalue weighted by Gasteiger charge is 2.17. The minimum atomic E-state index is 0.237. The van der Waals surface area contributed by atoms with Crippen LogP contribution in [-0.4, -0.2) is 25.9 Å². The first-order valence-corrected chi connectivity index (χ1v) is 10.5. The molecule has 0 radical (unpaired) electrons. The van der Waals surface area contributed by atoms with Crippen LogP contribution < -0.4 is 5.73 Å². The molecule has 28 heavy (non-hydrogen) atoms. The molecule has 1 aromatic carbocycles. The molecule has 1 aliphatic heterocycles.